The van der Waals surface area contributed by atoms with Crippen LogP contribution in [0.25, 0.3) is 0 Å². The van der Waals surface area contributed by atoms with Crippen molar-refractivity contribution < 1.29 is 14.5 Å². The first-order valence-corrected chi connectivity index (χ1v) is 5.95. The van der Waals surface area contributed by atoms with E-state index in [4.69, 9.17) is 14.5 Å². The van der Waals surface area contributed by atoms with Crippen LogP contribution in [0.5, 0.6) is 0 Å². The zero-order chi connectivity index (χ0) is 10.8. The van der Waals surface area contributed by atoms with Crippen molar-refractivity contribution in [2.75, 3.05) is 0 Å². The summed E-state index contributed by atoms with van der Waals surface area (Å²) in [6, 6.07) is 9.93. The molecule has 1 aliphatic heterocycles. The Balaban J connectivity index is 1.73. The maximum atomic E-state index is 5.93. The van der Waals surface area contributed by atoms with E-state index >= 15 is 0 Å². The molecule has 86 valence electrons. The molecule has 1 aliphatic carbocycles. The second-order valence-electron chi connectivity index (χ2n) is 4.51. The van der Waals surface area contributed by atoms with Gasteiger partial charge in [0.2, 0.25) is 12.1 Å². The minimum absolute atomic E-state index is 0.362. The first-order chi connectivity index (χ1) is 7.88. The smallest absolute Gasteiger partial charge is 0.220 e. The summed E-state index contributed by atoms with van der Waals surface area (Å²) in [6.45, 7) is 0. The molecule has 1 saturated carbocycles. The molecule has 2 aliphatic rings. The van der Waals surface area contributed by atoms with Gasteiger partial charge in [-0.15, -0.1) is 0 Å². The van der Waals surface area contributed by atoms with Gasteiger partial charge in [-0.25, -0.2) is 0 Å². The lowest BCUT2D eigenvalue weighted by molar-refractivity contribution is -0.338. The molecule has 0 aromatic heterocycles. The molecule has 3 heteroatoms. The van der Waals surface area contributed by atoms with Crippen molar-refractivity contribution in [3.8, 4) is 0 Å². The van der Waals surface area contributed by atoms with E-state index in [1.165, 1.54) is 6.42 Å². The summed E-state index contributed by atoms with van der Waals surface area (Å²) in [5.41, 5.74) is 1.02. The predicted octanol–water partition coefficient (Wildman–Crippen LogP) is 3.32. The first-order valence-electron chi connectivity index (χ1n) is 5.95. The number of hydrogen-bond acceptors (Lipinski definition) is 3. The van der Waals surface area contributed by atoms with Crippen molar-refractivity contribution in [2.24, 2.45) is 0 Å². The molecule has 1 spiro atoms. The van der Waals surface area contributed by atoms with Gasteiger partial charge >= 0.3 is 0 Å². The van der Waals surface area contributed by atoms with Crippen molar-refractivity contribution in [2.45, 2.75) is 44.2 Å². The van der Waals surface area contributed by atoms with Crippen LogP contribution in [0.4, 0.5) is 0 Å². The molecule has 1 atom stereocenters. The maximum Gasteiger partial charge on any atom is 0.220 e. The second kappa shape index (κ2) is 4.17. The molecule has 1 heterocycles. The topological polar surface area (TPSA) is 27.7 Å². The van der Waals surface area contributed by atoms with Gasteiger partial charge < -0.3 is 4.74 Å². The van der Waals surface area contributed by atoms with E-state index in [0.717, 1.165) is 31.2 Å². The minimum atomic E-state index is -0.473. The fraction of sp³-hybridized carbons (Fsp3) is 0.538. The molecule has 0 unspecified atom stereocenters. The molecule has 1 saturated heterocycles. The van der Waals surface area contributed by atoms with Crippen LogP contribution in [0.3, 0.4) is 0 Å². The van der Waals surface area contributed by atoms with Gasteiger partial charge in [-0.05, 0) is 12.8 Å². The Bertz CT molecular complexity index is 343. The second-order valence-corrected chi connectivity index (χ2v) is 4.51. The highest BCUT2D eigenvalue weighted by atomic mass is 17.3. The highest BCUT2D eigenvalue weighted by Crippen LogP contribution is 2.43. The van der Waals surface area contributed by atoms with Gasteiger partial charge in [0, 0.05) is 18.4 Å². The molecule has 1 aromatic rings. The van der Waals surface area contributed by atoms with Crippen molar-refractivity contribution in [3.05, 3.63) is 35.9 Å². The largest absolute Gasteiger partial charge is 0.311 e. The van der Waals surface area contributed by atoms with Crippen LogP contribution in [0.2, 0.25) is 0 Å². The van der Waals surface area contributed by atoms with Gasteiger partial charge in [0.05, 0.1) is 0 Å². The van der Waals surface area contributed by atoms with Gasteiger partial charge in [-0.1, -0.05) is 36.8 Å². The van der Waals surface area contributed by atoms with E-state index in [-0.39, 0.29) is 6.29 Å². The van der Waals surface area contributed by atoms with Crippen molar-refractivity contribution in [1.29, 1.82) is 0 Å². The normalized spacial score (nSPS) is 28.4. The molecule has 0 N–H and O–H groups in total. The van der Waals surface area contributed by atoms with E-state index < -0.39 is 5.79 Å². The van der Waals surface area contributed by atoms with E-state index in [1.54, 1.807) is 0 Å². The van der Waals surface area contributed by atoms with Crippen LogP contribution in [0, 0.1) is 0 Å². The van der Waals surface area contributed by atoms with Gasteiger partial charge in [-0.3, -0.25) is 0 Å². The van der Waals surface area contributed by atoms with Gasteiger partial charge in [0.25, 0.3) is 0 Å². The average Bonchev–Trinajstić information content (AvgIpc) is 2.75. The molecule has 3 rings (SSSR count). The fourth-order valence-corrected chi connectivity index (χ4v) is 2.39. The quantitative estimate of drug-likeness (QED) is 0.679. The summed E-state index contributed by atoms with van der Waals surface area (Å²) >= 11 is 0. The number of ether oxygens (including phenoxy) is 1. The highest BCUT2D eigenvalue weighted by molar-refractivity contribution is 5.16. The average molecular weight is 220 g/mol. The Hall–Kier alpha value is -0.900. The lowest BCUT2D eigenvalue weighted by atomic mass is 9.94. The number of hydrogen-bond donors (Lipinski definition) is 0. The third-order valence-electron chi connectivity index (χ3n) is 3.30. The van der Waals surface area contributed by atoms with Gasteiger partial charge in [0.1, 0.15) is 0 Å². The van der Waals surface area contributed by atoms with Crippen molar-refractivity contribution in [1.82, 2.24) is 0 Å². The molecule has 0 amide bonds. The SMILES string of the molecule is c1ccc([C@H]2OOC3(CCCCC3)O2)cc1. The summed E-state index contributed by atoms with van der Waals surface area (Å²) in [5, 5.41) is 0. The van der Waals surface area contributed by atoms with Crippen molar-refractivity contribution in [3.63, 3.8) is 0 Å². The van der Waals surface area contributed by atoms with Crippen LogP contribution in [-0.4, -0.2) is 5.79 Å². The van der Waals surface area contributed by atoms with E-state index in [1.807, 2.05) is 30.3 Å². The molecular weight excluding hydrogens is 204 g/mol. The van der Waals surface area contributed by atoms with Crippen molar-refractivity contribution >= 4 is 0 Å². The molecule has 0 bridgehead atoms. The Kier molecular flexibility index (Phi) is 2.67. The zero-order valence-corrected chi connectivity index (χ0v) is 9.22. The third-order valence-corrected chi connectivity index (χ3v) is 3.30. The molecule has 2 fully saturated rings. The minimum Gasteiger partial charge on any atom is -0.311 e. The van der Waals surface area contributed by atoms with Crippen LogP contribution in [0.1, 0.15) is 44.0 Å². The lowest BCUT2D eigenvalue weighted by Gasteiger charge is -2.28. The van der Waals surface area contributed by atoms with E-state index in [0.29, 0.717) is 0 Å². The zero-order valence-electron chi connectivity index (χ0n) is 9.22. The summed E-state index contributed by atoms with van der Waals surface area (Å²) in [5.74, 6) is -0.473. The summed E-state index contributed by atoms with van der Waals surface area (Å²) in [6.07, 6.45) is 5.10. The van der Waals surface area contributed by atoms with E-state index in [9.17, 15) is 0 Å². The summed E-state index contributed by atoms with van der Waals surface area (Å²) in [7, 11) is 0. The molecule has 1 aromatic carbocycles. The third kappa shape index (κ3) is 1.86. The maximum absolute atomic E-state index is 5.93. The Morgan fingerprint density at radius 1 is 1.00 bits per heavy atom. The Morgan fingerprint density at radius 3 is 2.50 bits per heavy atom. The van der Waals surface area contributed by atoms with Crippen LogP contribution < -0.4 is 0 Å². The monoisotopic (exact) mass is 220 g/mol. The van der Waals surface area contributed by atoms with Gasteiger partial charge in [-0.2, -0.15) is 9.78 Å². The van der Waals surface area contributed by atoms with Crippen LogP contribution in [-0.2, 0) is 14.5 Å². The number of benzene rings is 1. The highest BCUT2D eigenvalue weighted by Gasteiger charge is 2.44. The molecule has 0 radical (unpaired) electrons. The fourth-order valence-electron chi connectivity index (χ4n) is 2.39. The van der Waals surface area contributed by atoms with Crippen LogP contribution in [0.15, 0.2) is 30.3 Å². The Morgan fingerprint density at radius 2 is 1.75 bits per heavy atom. The Labute approximate surface area is 95.2 Å². The summed E-state index contributed by atoms with van der Waals surface area (Å²) < 4.78 is 5.93. The predicted molar refractivity (Wildman–Crippen MR) is 58.3 cm³/mol. The standard InChI is InChI=1S/C13H16O3/c1-3-7-11(8-4-1)12-14-13(16-15-12)9-5-2-6-10-13/h1,3-4,7-8,12H,2,5-6,9-10H2/t12-/m1/s1. The van der Waals surface area contributed by atoms with Crippen LogP contribution >= 0.6 is 0 Å². The summed E-state index contributed by atoms with van der Waals surface area (Å²) in [4.78, 5) is 10.7. The molecule has 16 heavy (non-hydrogen) atoms. The van der Waals surface area contributed by atoms with E-state index in [2.05, 4.69) is 0 Å². The number of rotatable bonds is 1. The lowest BCUT2D eigenvalue weighted by Crippen LogP contribution is -2.32. The molecule has 3 nitrogen and oxygen atoms in total. The molecular formula is C13H16O3. The van der Waals surface area contributed by atoms with Gasteiger partial charge in [0.15, 0.2) is 0 Å². The first kappa shape index (κ1) is 10.3.